The lowest BCUT2D eigenvalue weighted by molar-refractivity contribution is -0.153. The monoisotopic (exact) mass is 802 g/mol. The van der Waals surface area contributed by atoms with Crippen LogP contribution in [0.2, 0.25) is 0 Å². The second-order valence-corrected chi connectivity index (χ2v) is 17.0. The van der Waals surface area contributed by atoms with Gasteiger partial charge in [-0.15, -0.1) is 0 Å². The number of rotatable bonds is 9. The summed E-state index contributed by atoms with van der Waals surface area (Å²) in [6.45, 7) is 13.2. The molecule has 0 saturated carbocycles. The normalized spacial score (nSPS) is 24.7. The SMILES string of the molecule is CC(C)(C)OC(=O)N1CC(ONC(=O)[C@@H]2CC[C@@H]3CN2C(=O)N3O)C1.CC(C)(C)OC(=O)N1CC(ONC(=O)[C@@H]2CC[C@@H]3CN2C(=O)N3OCc2ccccc2)C1. The van der Waals surface area contributed by atoms with E-state index in [1.54, 1.807) is 41.5 Å². The highest BCUT2D eigenvalue weighted by atomic mass is 16.7. The first-order valence-electron chi connectivity index (χ1n) is 19.3. The Bertz CT molecular complexity index is 1660. The maximum absolute atomic E-state index is 12.8. The number of ether oxygens (including phenoxy) is 2. The molecule has 4 atom stereocenters. The van der Waals surface area contributed by atoms with Gasteiger partial charge in [0.25, 0.3) is 11.8 Å². The molecule has 57 heavy (non-hydrogen) atoms. The first kappa shape index (κ1) is 41.7. The van der Waals surface area contributed by atoms with E-state index in [0.29, 0.717) is 76.6 Å². The van der Waals surface area contributed by atoms with Crippen molar-refractivity contribution in [3.05, 3.63) is 35.9 Å². The number of hydroxylamine groups is 6. The highest BCUT2D eigenvalue weighted by Gasteiger charge is 2.49. The molecule has 6 aliphatic heterocycles. The summed E-state index contributed by atoms with van der Waals surface area (Å²) in [6.07, 6.45) is 0.808. The van der Waals surface area contributed by atoms with Gasteiger partial charge in [0.05, 0.1) is 38.3 Å². The molecule has 6 fully saturated rings. The second kappa shape index (κ2) is 16.9. The van der Waals surface area contributed by atoms with Crippen LogP contribution < -0.4 is 11.0 Å². The Hall–Kier alpha value is -4.92. The number of piperidine rings is 2. The highest BCUT2D eigenvalue weighted by molar-refractivity contribution is 5.88. The molecule has 0 spiro atoms. The van der Waals surface area contributed by atoms with Crippen molar-refractivity contribution in [3.8, 4) is 0 Å². The maximum atomic E-state index is 12.8. The molecule has 0 unspecified atom stereocenters. The Morgan fingerprint density at radius 3 is 1.61 bits per heavy atom. The summed E-state index contributed by atoms with van der Waals surface area (Å²) in [5.41, 5.74) is 4.69. The molecule has 0 aliphatic carbocycles. The van der Waals surface area contributed by atoms with Gasteiger partial charge in [-0.2, -0.15) is 5.06 Å². The van der Waals surface area contributed by atoms with E-state index in [4.69, 9.17) is 24.0 Å². The Kier molecular flexibility index (Phi) is 12.4. The van der Waals surface area contributed by atoms with Gasteiger partial charge in [0.2, 0.25) is 0 Å². The van der Waals surface area contributed by atoms with Crippen molar-refractivity contribution in [1.29, 1.82) is 0 Å². The molecular weight excluding hydrogens is 748 g/mol. The van der Waals surface area contributed by atoms with Crippen molar-refractivity contribution in [2.75, 3.05) is 39.3 Å². The van der Waals surface area contributed by atoms with Crippen LogP contribution in [0.25, 0.3) is 0 Å². The summed E-state index contributed by atoms with van der Waals surface area (Å²) >= 11 is 0. The lowest BCUT2D eigenvalue weighted by Crippen LogP contribution is -2.58. The van der Waals surface area contributed by atoms with Gasteiger partial charge < -0.3 is 29.1 Å². The second-order valence-electron chi connectivity index (χ2n) is 17.0. The molecule has 1 aromatic rings. The van der Waals surface area contributed by atoms with E-state index in [0.717, 1.165) is 5.56 Å². The van der Waals surface area contributed by atoms with E-state index in [2.05, 4.69) is 11.0 Å². The maximum Gasteiger partial charge on any atom is 0.410 e. The van der Waals surface area contributed by atoms with E-state index in [1.807, 2.05) is 30.3 Å². The van der Waals surface area contributed by atoms with Crippen LogP contribution in [0.15, 0.2) is 30.3 Å². The highest BCUT2D eigenvalue weighted by Crippen LogP contribution is 2.31. The number of fused-ring (bicyclic) bond motifs is 4. The first-order valence-corrected chi connectivity index (χ1v) is 19.3. The molecule has 20 heteroatoms. The van der Waals surface area contributed by atoms with Crippen LogP contribution in [0, 0.1) is 0 Å². The molecule has 1 aromatic carbocycles. The summed E-state index contributed by atoms with van der Waals surface area (Å²) in [4.78, 5) is 95.8. The molecule has 7 rings (SSSR count). The summed E-state index contributed by atoms with van der Waals surface area (Å²) < 4.78 is 10.5. The molecule has 6 aliphatic rings. The predicted octanol–water partition coefficient (Wildman–Crippen LogP) is 2.37. The van der Waals surface area contributed by atoms with Crippen LogP contribution in [0.3, 0.4) is 0 Å². The summed E-state index contributed by atoms with van der Waals surface area (Å²) in [5.74, 6) is -0.782. The van der Waals surface area contributed by atoms with Gasteiger partial charge in [-0.05, 0) is 72.8 Å². The van der Waals surface area contributed by atoms with Crippen LogP contribution in [0.5, 0.6) is 0 Å². The van der Waals surface area contributed by atoms with E-state index < -0.39 is 47.4 Å². The Morgan fingerprint density at radius 2 is 1.12 bits per heavy atom. The number of hydrogen-bond donors (Lipinski definition) is 3. The molecule has 6 heterocycles. The zero-order valence-corrected chi connectivity index (χ0v) is 33.3. The van der Waals surface area contributed by atoms with Crippen molar-refractivity contribution in [2.24, 2.45) is 0 Å². The standard InChI is InChI=1S/C22H30N4O6.C15H24N4O6/c1-22(2,3)31-21(29)24-12-17(13-24)32-23-19(27)18-10-9-16-11-25(18)20(28)26(16)30-14-15-7-5-4-6-8-15;1-15(2,3)24-14(22)17-7-10(8-17)25-16-12(20)11-5-4-9-6-18(11)13(21)19(9)23/h4-8,16-18H,9-14H2,1-3H3,(H,23,27);9-11,23H,4-8H2,1-3H3,(H,16,20)/t16-,18+;9-,11+/m11/s1. The smallest absolute Gasteiger partial charge is 0.410 e. The Balaban J connectivity index is 0.000000199. The molecule has 6 saturated heterocycles. The quantitative estimate of drug-likeness (QED) is 0.243. The summed E-state index contributed by atoms with van der Waals surface area (Å²) in [5, 5.41) is 11.7. The molecule has 314 valence electrons. The molecule has 0 radical (unpaired) electrons. The van der Waals surface area contributed by atoms with E-state index in [9.17, 15) is 34.0 Å². The zero-order valence-electron chi connectivity index (χ0n) is 33.3. The number of carbonyl (C=O) groups is 6. The molecule has 20 nitrogen and oxygen atoms in total. The lowest BCUT2D eigenvalue weighted by Gasteiger charge is -2.39. The fraction of sp³-hybridized carbons (Fsp3) is 0.676. The first-order chi connectivity index (χ1) is 26.9. The van der Waals surface area contributed by atoms with Gasteiger partial charge in [0, 0.05) is 13.1 Å². The number of likely N-dealkylation sites (tertiary alicyclic amines) is 2. The molecule has 3 N–H and O–H groups in total. The third-order valence-electron chi connectivity index (χ3n) is 10.1. The van der Waals surface area contributed by atoms with Crippen molar-refractivity contribution in [2.45, 2.75) is 121 Å². The Morgan fingerprint density at radius 1 is 0.667 bits per heavy atom. The van der Waals surface area contributed by atoms with Gasteiger partial charge in [0.15, 0.2) is 0 Å². The zero-order chi connectivity index (χ0) is 41.2. The van der Waals surface area contributed by atoms with Crippen LogP contribution in [0.1, 0.15) is 72.8 Å². The lowest BCUT2D eigenvalue weighted by atomic mass is 10.0. The van der Waals surface area contributed by atoms with Gasteiger partial charge in [-0.1, -0.05) is 30.3 Å². The number of nitrogens with one attached hydrogen (secondary N) is 2. The van der Waals surface area contributed by atoms with Crippen molar-refractivity contribution in [3.63, 3.8) is 0 Å². The number of nitrogens with zero attached hydrogens (tertiary/aromatic N) is 6. The molecule has 0 aromatic heterocycles. The minimum absolute atomic E-state index is 0.0646. The fourth-order valence-corrected chi connectivity index (χ4v) is 7.11. The van der Waals surface area contributed by atoms with Gasteiger partial charge >= 0.3 is 24.2 Å². The average Bonchev–Trinajstić information content (AvgIpc) is 3.47. The number of amides is 8. The van der Waals surface area contributed by atoms with Crippen molar-refractivity contribution in [1.82, 2.24) is 40.7 Å². The van der Waals surface area contributed by atoms with Crippen molar-refractivity contribution < 1.29 is 58.0 Å². The van der Waals surface area contributed by atoms with Crippen molar-refractivity contribution >= 4 is 36.1 Å². The van der Waals surface area contributed by atoms with Crippen LogP contribution in [-0.4, -0.2) is 158 Å². The Labute approximate surface area is 331 Å². The number of hydrogen-bond acceptors (Lipinski definition) is 12. The van der Waals surface area contributed by atoms with Crippen LogP contribution in [0.4, 0.5) is 19.2 Å². The van der Waals surface area contributed by atoms with E-state index in [-0.39, 0.29) is 36.2 Å². The third kappa shape index (κ3) is 10.2. The fourth-order valence-electron chi connectivity index (χ4n) is 7.11. The van der Waals surface area contributed by atoms with Gasteiger partial charge in [-0.25, -0.2) is 35.2 Å². The largest absolute Gasteiger partial charge is 0.444 e. The van der Waals surface area contributed by atoms with Gasteiger partial charge in [-0.3, -0.25) is 29.3 Å². The predicted molar refractivity (Wildman–Crippen MR) is 196 cm³/mol. The van der Waals surface area contributed by atoms with E-state index >= 15 is 0 Å². The third-order valence-corrected chi connectivity index (χ3v) is 10.1. The van der Waals surface area contributed by atoms with E-state index in [1.165, 1.54) is 24.7 Å². The summed E-state index contributed by atoms with van der Waals surface area (Å²) in [7, 11) is 0. The topological polar surface area (TPSA) is 212 Å². The summed E-state index contributed by atoms with van der Waals surface area (Å²) in [6, 6.07) is 7.21. The molecule has 4 bridgehead atoms. The molecular formula is C37H54N8O12. The average molecular weight is 803 g/mol. The minimum atomic E-state index is -0.650. The number of benzene rings is 1. The minimum Gasteiger partial charge on any atom is -0.444 e. The molecule has 8 amide bonds. The van der Waals surface area contributed by atoms with Crippen LogP contribution in [-0.2, 0) is 40.2 Å². The van der Waals surface area contributed by atoms with Crippen LogP contribution >= 0.6 is 0 Å². The number of carbonyl (C=O) groups excluding carboxylic acids is 6. The van der Waals surface area contributed by atoms with Gasteiger partial charge in [0.1, 0.15) is 42.1 Å². The number of urea groups is 2.